The number of amides is 2. The highest BCUT2D eigenvalue weighted by atomic mass is 19.4. The maximum atomic E-state index is 13.1. The summed E-state index contributed by atoms with van der Waals surface area (Å²) in [5.74, 6) is -0.937. The first kappa shape index (κ1) is 28.1. The van der Waals surface area contributed by atoms with Crippen molar-refractivity contribution in [2.75, 3.05) is 32.8 Å². The molecule has 36 heavy (non-hydrogen) atoms. The monoisotopic (exact) mass is 523 g/mol. The maximum absolute atomic E-state index is 13.1. The zero-order valence-electron chi connectivity index (χ0n) is 20.0. The summed E-state index contributed by atoms with van der Waals surface area (Å²) < 4.78 is 83.4. The van der Waals surface area contributed by atoms with E-state index in [-0.39, 0.29) is 30.7 Å². The molecule has 1 aromatic carbocycles. The van der Waals surface area contributed by atoms with Crippen LogP contribution in [0.2, 0.25) is 0 Å². The summed E-state index contributed by atoms with van der Waals surface area (Å²) in [5.41, 5.74) is -4.06. The predicted octanol–water partition coefficient (Wildman–Crippen LogP) is 5.22. The topological polar surface area (TPSA) is 70.7 Å². The van der Waals surface area contributed by atoms with Crippen molar-refractivity contribution in [3.8, 4) is 0 Å². The van der Waals surface area contributed by atoms with Gasteiger partial charge in [0, 0.05) is 18.7 Å². The lowest BCUT2D eigenvalue weighted by atomic mass is 9.92. The van der Waals surface area contributed by atoms with Crippen LogP contribution in [0.5, 0.6) is 0 Å². The first-order valence-corrected chi connectivity index (χ1v) is 12.1. The Morgan fingerprint density at radius 2 is 1.56 bits per heavy atom. The van der Waals surface area contributed by atoms with Gasteiger partial charge >= 0.3 is 18.4 Å². The molecule has 202 valence electrons. The van der Waals surface area contributed by atoms with Crippen LogP contribution in [0.25, 0.3) is 0 Å². The number of alkyl carbamates (subject to hydrolysis) is 1. The molecular weight excluding hydrogens is 492 g/mol. The van der Waals surface area contributed by atoms with Crippen LogP contribution in [0, 0.1) is 5.92 Å². The number of likely N-dealkylation sites (tertiary alicyclic amines) is 1. The van der Waals surface area contributed by atoms with Gasteiger partial charge in [-0.25, -0.2) is 4.79 Å². The highest BCUT2D eigenvalue weighted by molar-refractivity contribution is 5.94. The van der Waals surface area contributed by atoms with Crippen molar-refractivity contribution in [1.82, 2.24) is 15.5 Å². The lowest BCUT2D eigenvalue weighted by Gasteiger charge is -2.39. The van der Waals surface area contributed by atoms with E-state index in [2.05, 4.69) is 15.5 Å². The molecular formula is C24H31F6N3O3. The normalized spacial score (nSPS) is 19.2. The third-order valence-corrected chi connectivity index (χ3v) is 6.84. The highest BCUT2D eigenvalue weighted by Crippen LogP contribution is 2.36. The van der Waals surface area contributed by atoms with Gasteiger partial charge in [0.05, 0.1) is 23.3 Å². The minimum atomic E-state index is -5.01. The Hall–Kier alpha value is -2.50. The number of benzene rings is 1. The van der Waals surface area contributed by atoms with E-state index in [1.54, 1.807) is 6.92 Å². The molecule has 1 aliphatic heterocycles. The number of piperidine rings is 1. The van der Waals surface area contributed by atoms with Gasteiger partial charge in [-0.3, -0.25) is 4.79 Å². The average molecular weight is 524 g/mol. The van der Waals surface area contributed by atoms with E-state index < -0.39 is 41.0 Å². The van der Waals surface area contributed by atoms with Crippen molar-refractivity contribution >= 4 is 12.0 Å². The van der Waals surface area contributed by atoms with Crippen molar-refractivity contribution in [3.05, 3.63) is 34.9 Å². The van der Waals surface area contributed by atoms with Crippen molar-refractivity contribution in [2.24, 2.45) is 5.92 Å². The summed E-state index contributed by atoms with van der Waals surface area (Å²) in [5, 5.41) is 5.52. The summed E-state index contributed by atoms with van der Waals surface area (Å²) in [7, 11) is 0. The van der Waals surface area contributed by atoms with E-state index in [1.807, 2.05) is 0 Å². The highest BCUT2D eigenvalue weighted by Gasteiger charge is 2.39. The fraction of sp³-hybridized carbons (Fsp3) is 0.667. The minimum Gasteiger partial charge on any atom is -0.450 e. The summed E-state index contributed by atoms with van der Waals surface area (Å²) in [6.07, 6.45) is -5.30. The van der Waals surface area contributed by atoms with Crippen molar-refractivity contribution in [3.63, 3.8) is 0 Å². The Labute approximate surface area is 205 Å². The molecule has 0 bridgehead atoms. The Bertz CT molecular complexity index is 888. The number of alkyl halides is 6. The van der Waals surface area contributed by atoms with Gasteiger partial charge in [-0.1, -0.05) is 12.8 Å². The molecule has 2 N–H and O–H groups in total. The van der Waals surface area contributed by atoms with Gasteiger partial charge < -0.3 is 20.3 Å². The number of halogens is 6. The van der Waals surface area contributed by atoms with Crippen LogP contribution in [-0.4, -0.2) is 55.2 Å². The SMILES string of the molecule is CCOC(=O)NC1(CN2CCC(CNC(=O)c3cc(C(F)(F)F)cc(C(F)(F)F)c3)CC2)CCCC1. The van der Waals surface area contributed by atoms with E-state index in [1.165, 1.54) is 0 Å². The molecule has 3 rings (SSSR count). The van der Waals surface area contributed by atoms with Crippen LogP contribution in [0.15, 0.2) is 18.2 Å². The lowest BCUT2D eigenvalue weighted by Crippen LogP contribution is -2.55. The first-order chi connectivity index (χ1) is 16.8. The van der Waals surface area contributed by atoms with Gasteiger partial charge in [0.15, 0.2) is 0 Å². The lowest BCUT2D eigenvalue weighted by molar-refractivity contribution is -0.143. The standard InChI is InChI=1S/C24H31F6N3O3/c1-2-36-21(35)32-22(7-3-4-8-22)15-33-9-5-16(6-10-33)14-31-20(34)17-11-18(23(25,26)27)13-19(12-17)24(28,29)30/h11-13,16H,2-10,14-15H2,1H3,(H,31,34)(H,32,35). The number of ether oxygens (including phenoxy) is 1. The van der Waals surface area contributed by atoms with Crippen LogP contribution in [0.3, 0.4) is 0 Å². The molecule has 2 amide bonds. The molecule has 2 fully saturated rings. The summed E-state index contributed by atoms with van der Waals surface area (Å²) >= 11 is 0. The number of hydrogen-bond donors (Lipinski definition) is 2. The molecule has 1 heterocycles. The fourth-order valence-corrected chi connectivity index (χ4v) is 4.96. The molecule has 1 aromatic rings. The van der Waals surface area contributed by atoms with E-state index in [0.29, 0.717) is 44.6 Å². The molecule has 6 nitrogen and oxygen atoms in total. The van der Waals surface area contributed by atoms with Gasteiger partial charge in [-0.15, -0.1) is 0 Å². The molecule has 0 radical (unpaired) electrons. The zero-order chi connectivity index (χ0) is 26.6. The van der Waals surface area contributed by atoms with Gasteiger partial charge in [0.1, 0.15) is 0 Å². The number of nitrogens with zero attached hydrogens (tertiary/aromatic N) is 1. The Balaban J connectivity index is 1.54. The minimum absolute atomic E-state index is 0.000415. The quantitative estimate of drug-likeness (QED) is 0.481. The molecule has 0 spiro atoms. The van der Waals surface area contributed by atoms with Crippen LogP contribution in [-0.2, 0) is 17.1 Å². The molecule has 12 heteroatoms. The van der Waals surface area contributed by atoms with E-state index in [9.17, 15) is 35.9 Å². The number of carbonyl (C=O) groups excluding carboxylic acids is 2. The molecule has 1 saturated heterocycles. The fourth-order valence-electron chi connectivity index (χ4n) is 4.96. The maximum Gasteiger partial charge on any atom is 0.416 e. The summed E-state index contributed by atoms with van der Waals surface area (Å²) in [6, 6.07) is 0.871. The Kier molecular flexibility index (Phi) is 8.79. The number of carbonyl (C=O) groups is 2. The third-order valence-electron chi connectivity index (χ3n) is 6.84. The predicted molar refractivity (Wildman–Crippen MR) is 119 cm³/mol. The molecule has 0 aromatic heterocycles. The first-order valence-electron chi connectivity index (χ1n) is 12.1. The molecule has 2 aliphatic rings. The van der Waals surface area contributed by atoms with Crippen molar-refractivity contribution in [2.45, 2.75) is 63.3 Å². The largest absolute Gasteiger partial charge is 0.450 e. The summed E-state index contributed by atoms with van der Waals surface area (Å²) in [4.78, 5) is 26.7. The Morgan fingerprint density at radius 1 is 1.00 bits per heavy atom. The number of hydrogen-bond acceptors (Lipinski definition) is 4. The summed E-state index contributed by atoms with van der Waals surface area (Å²) in [6.45, 7) is 4.26. The van der Waals surface area contributed by atoms with E-state index in [4.69, 9.17) is 4.74 Å². The molecule has 0 atom stereocenters. The smallest absolute Gasteiger partial charge is 0.416 e. The van der Waals surface area contributed by atoms with Gasteiger partial charge in [-0.05, 0) is 69.8 Å². The van der Waals surface area contributed by atoms with Crippen molar-refractivity contribution < 1.29 is 40.7 Å². The molecule has 0 unspecified atom stereocenters. The van der Waals surface area contributed by atoms with Crippen molar-refractivity contribution in [1.29, 1.82) is 0 Å². The molecule has 1 saturated carbocycles. The third kappa shape index (κ3) is 7.50. The average Bonchev–Trinajstić information content (AvgIpc) is 3.24. The van der Waals surface area contributed by atoms with Crippen LogP contribution >= 0.6 is 0 Å². The van der Waals surface area contributed by atoms with Gasteiger partial charge in [-0.2, -0.15) is 26.3 Å². The second-order valence-electron chi connectivity index (χ2n) is 9.56. The van der Waals surface area contributed by atoms with Crippen LogP contribution < -0.4 is 10.6 Å². The second-order valence-corrected chi connectivity index (χ2v) is 9.56. The van der Waals surface area contributed by atoms with Crippen LogP contribution in [0.4, 0.5) is 31.1 Å². The second kappa shape index (κ2) is 11.3. The van der Waals surface area contributed by atoms with Gasteiger partial charge in [0.2, 0.25) is 0 Å². The Morgan fingerprint density at radius 3 is 2.06 bits per heavy atom. The van der Waals surface area contributed by atoms with Crippen LogP contribution in [0.1, 0.15) is 66.9 Å². The number of nitrogens with one attached hydrogen (secondary N) is 2. The molecule has 1 aliphatic carbocycles. The van der Waals surface area contributed by atoms with E-state index >= 15 is 0 Å². The van der Waals surface area contributed by atoms with E-state index in [0.717, 1.165) is 25.7 Å². The zero-order valence-corrected chi connectivity index (χ0v) is 20.0. The number of rotatable bonds is 7. The van der Waals surface area contributed by atoms with Gasteiger partial charge in [0.25, 0.3) is 5.91 Å².